The number of nitrogens with zero attached hydrogens (tertiary/aromatic N) is 4. The minimum atomic E-state index is -1.51. The highest BCUT2D eigenvalue weighted by Gasteiger charge is 2.32. The number of fused-ring (bicyclic) bond motifs is 1. The molecule has 2 aliphatic rings. The Labute approximate surface area is 196 Å². The molecular formula is C24H25N5O5. The number of ether oxygens (including phenoxy) is 1. The molecule has 2 aromatic rings. The number of hydrogen-bond acceptors (Lipinski definition) is 8. The summed E-state index contributed by atoms with van der Waals surface area (Å²) in [7, 11) is 1.60. The van der Waals surface area contributed by atoms with E-state index in [1.54, 1.807) is 38.2 Å². The second kappa shape index (κ2) is 9.11. The Morgan fingerprint density at radius 2 is 2.15 bits per heavy atom. The summed E-state index contributed by atoms with van der Waals surface area (Å²) in [6.45, 7) is 5.17. The number of aliphatic hydroxyl groups is 1. The first-order chi connectivity index (χ1) is 16.2. The standard InChI is InChI=1S/C24H25N5O5/c1-5-16-12-17(27-26-16)22(30)25-18-13-33-20-7-6-15(11-19(20)29(4)23(18)31)8-9-24(3,32)21-10-14(2)34-28-21/h6-7,10-11,18,32H,5,12-13H2,1-4H3,(H,25,30)/t18-,24-/m0/s1. The van der Waals surface area contributed by atoms with Crippen molar-refractivity contribution in [2.24, 2.45) is 10.2 Å². The zero-order valence-electron chi connectivity index (χ0n) is 19.4. The van der Waals surface area contributed by atoms with E-state index in [9.17, 15) is 14.7 Å². The van der Waals surface area contributed by atoms with Crippen LogP contribution in [0.3, 0.4) is 0 Å². The van der Waals surface area contributed by atoms with Crippen LogP contribution in [0.15, 0.2) is 39.0 Å². The maximum Gasteiger partial charge on any atom is 0.268 e. The van der Waals surface area contributed by atoms with Crippen molar-refractivity contribution in [1.82, 2.24) is 10.5 Å². The zero-order valence-corrected chi connectivity index (χ0v) is 19.4. The third-order valence-electron chi connectivity index (χ3n) is 5.59. The minimum absolute atomic E-state index is 0.0259. The first-order valence-electron chi connectivity index (χ1n) is 10.8. The van der Waals surface area contributed by atoms with Crippen molar-refractivity contribution in [3.05, 3.63) is 41.3 Å². The lowest BCUT2D eigenvalue weighted by atomic mass is 10.0. The van der Waals surface area contributed by atoms with Crippen LogP contribution in [0.5, 0.6) is 5.75 Å². The second-order valence-corrected chi connectivity index (χ2v) is 8.31. The number of aryl methyl sites for hydroxylation is 1. The highest BCUT2D eigenvalue weighted by molar-refractivity contribution is 6.43. The Kier molecular flexibility index (Phi) is 6.22. The average molecular weight is 463 g/mol. The van der Waals surface area contributed by atoms with Crippen LogP contribution in [0.4, 0.5) is 5.69 Å². The highest BCUT2D eigenvalue weighted by atomic mass is 16.5. The number of rotatable bonds is 4. The van der Waals surface area contributed by atoms with E-state index in [4.69, 9.17) is 9.26 Å². The summed E-state index contributed by atoms with van der Waals surface area (Å²) in [6, 6.07) is 5.85. The lowest BCUT2D eigenvalue weighted by Crippen LogP contribution is -2.51. The summed E-state index contributed by atoms with van der Waals surface area (Å²) in [5, 5.41) is 25.1. The van der Waals surface area contributed by atoms with E-state index in [1.165, 1.54) is 11.8 Å². The zero-order chi connectivity index (χ0) is 24.5. The number of nitrogens with one attached hydrogen (secondary N) is 1. The molecule has 0 aliphatic carbocycles. The molecule has 0 radical (unpaired) electrons. The molecule has 0 saturated carbocycles. The van der Waals surface area contributed by atoms with Crippen LogP contribution in [0.2, 0.25) is 0 Å². The number of hydrogen-bond donors (Lipinski definition) is 2. The van der Waals surface area contributed by atoms with E-state index in [0.29, 0.717) is 41.3 Å². The first kappa shape index (κ1) is 23.2. The fourth-order valence-electron chi connectivity index (χ4n) is 3.49. The number of amides is 2. The molecule has 0 bridgehead atoms. The van der Waals surface area contributed by atoms with E-state index in [0.717, 1.165) is 5.71 Å². The van der Waals surface area contributed by atoms with E-state index in [1.807, 2.05) is 6.92 Å². The van der Waals surface area contributed by atoms with Gasteiger partial charge < -0.3 is 24.6 Å². The van der Waals surface area contributed by atoms with Crippen LogP contribution < -0.4 is 15.0 Å². The van der Waals surface area contributed by atoms with Gasteiger partial charge in [0.05, 0.1) is 5.69 Å². The third-order valence-corrected chi connectivity index (χ3v) is 5.59. The molecule has 2 aliphatic heterocycles. The minimum Gasteiger partial charge on any atom is -0.489 e. The van der Waals surface area contributed by atoms with E-state index in [-0.39, 0.29) is 18.2 Å². The van der Waals surface area contributed by atoms with Crippen LogP contribution in [0.25, 0.3) is 0 Å². The molecule has 2 N–H and O–H groups in total. The van der Waals surface area contributed by atoms with Crippen molar-refractivity contribution in [2.75, 3.05) is 18.6 Å². The number of aromatic nitrogens is 1. The summed E-state index contributed by atoms with van der Waals surface area (Å²) >= 11 is 0. The highest BCUT2D eigenvalue weighted by Crippen LogP contribution is 2.31. The van der Waals surface area contributed by atoms with Gasteiger partial charge in [-0.05, 0) is 38.5 Å². The Morgan fingerprint density at radius 1 is 1.35 bits per heavy atom. The first-order valence-corrected chi connectivity index (χ1v) is 10.8. The average Bonchev–Trinajstić information content (AvgIpc) is 3.47. The molecule has 176 valence electrons. The number of benzene rings is 1. The van der Waals surface area contributed by atoms with Crippen LogP contribution >= 0.6 is 0 Å². The molecule has 3 heterocycles. The number of likely N-dealkylation sites (N-methyl/N-ethyl adjacent to an activating group) is 1. The molecule has 4 rings (SSSR count). The maximum atomic E-state index is 13.1. The molecule has 0 unspecified atom stereocenters. The maximum absolute atomic E-state index is 13.1. The molecule has 10 nitrogen and oxygen atoms in total. The smallest absolute Gasteiger partial charge is 0.268 e. The second-order valence-electron chi connectivity index (χ2n) is 8.31. The predicted molar refractivity (Wildman–Crippen MR) is 125 cm³/mol. The normalized spacial score (nSPS) is 19.0. The van der Waals surface area contributed by atoms with Gasteiger partial charge in [-0.25, -0.2) is 0 Å². The summed E-state index contributed by atoms with van der Waals surface area (Å²) in [5.41, 5.74) is 0.965. The Hall–Kier alpha value is -3.97. The number of carbonyl (C=O) groups excluding carboxylic acids is 2. The summed E-state index contributed by atoms with van der Waals surface area (Å²) < 4.78 is 10.8. The van der Waals surface area contributed by atoms with Gasteiger partial charge in [-0.15, -0.1) is 5.10 Å². The quantitative estimate of drug-likeness (QED) is 0.664. The largest absolute Gasteiger partial charge is 0.489 e. The number of anilines is 1. The lowest BCUT2D eigenvalue weighted by Gasteiger charge is -2.20. The van der Waals surface area contributed by atoms with E-state index < -0.39 is 17.6 Å². The van der Waals surface area contributed by atoms with Crippen molar-refractivity contribution in [3.8, 4) is 17.6 Å². The van der Waals surface area contributed by atoms with Gasteiger partial charge in [0.1, 0.15) is 35.6 Å². The number of carbonyl (C=O) groups is 2. The molecule has 1 aromatic carbocycles. The van der Waals surface area contributed by atoms with Gasteiger partial charge in [-0.1, -0.05) is 23.9 Å². The van der Waals surface area contributed by atoms with Crippen LogP contribution in [0.1, 0.15) is 43.7 Å². The molecule has 10 heteroatoms. The predicted octanol–water partition coefficient (Wildman–Crippen LogP) is 1.69. The van der Waals surface area contributed by atoms with Gasteiger partial charge in [0.2, 0.25) is 0 Å². The van der Waals surface area contributed by atoms with Crippen molar-refractivity contribution in [3.63, 3.8) is 0 Å². The molecule has 2 atom stereocenters. The van der Waals surface area contributed by atoms with Gasteiger partial charge in [0.25, 0.3) is 11.8 Å². The molecule has 34 heavy (non-hydrogen) atoms. The van der Waals surface area contributed by atoms with Crippen molar-refractivity contribution >= 4 is 28.9 Å². The van der Waals surface area contributed by atoms with Gasteiger partial charge in [-0.2, -0.15) is 5.10 Å². The van der Waals surface area contributed by atoms with Crippen molar-refractivity contribution in [2.45, 2.75) is 45.3 Å². The Morgan fingerprint density at radius 3 is 2.82 bits per heavy atom. The van der Waals surface area contributed by atoms with Gasteiger partial charge in [-0.3, -0.25) is 9.59 Å². The molecule has 0 spiro atoms. The van der Waals surface area contributed by atoms with Crippen LogP contribution in [-0.4, -0.2) is 53.2 Å². The van der Waals surface area contributed by atoms with Gasteiger partial charge >= 0.3 is 0 Å². The molecular weight excluding hydrogens is 438 g/mol. The van der Waals surface area contributed by atoms with Crippen molar-refractivity contribution < 1.29 is 24.0 Å². The topological polar surface area (TPSA) is 130 Å². The third kappa shape index (κ3) is 4.70. The monoisotopic (exact) mass is 463 g/mol. The van der Waals surface area contributed by atoms with Gasteiger partial charge in [0, 0.05) is 30.8 Å². The Bertz CT molecular complexity index is 1260. The lowest BCUT2D eigenvalue weighted by molar-refractivity contribution is -0.124. The molecule has 0 fully saturated rings. The molecule has 2 amide bonds. The SMILES string of the molecule is CCC1=NN=C(C(=O)N[C@H]2COc3ccc(C#C[C@](C)(O)c4cc(C)on4)cc3N(C)C2=O)C1. The molecule has 1 aromatic heterocycles. The fraction of sp³-hybridized carbons (Fsp3) is 0.375. The summed E-state index contributed by atoms with van der Waals surface area (Å²) in [6.07, 6.45) is 1.09. The summed E-state index contributed by atoms with van der Waals surface area (Å²) in [4.78, 5) is 27.1. The van der Waals surface area contributed by atoms with Crippen LogP contribution in [-0.2, 0) is 15.2 Å². The Balaban J connectivity index is 1.50. The fourth-order valence-corrected chi connectivity index (χ4v) is 3.49. The van der Waals surface area contributed by atoms with Gasteiger partial charge in [0.15, 0.2) is 5.60 Å². The van der Waals surface area contributed by atoms with E-state index in [2.05, 4.69) is 32.5 Å². The van der Waals surface area contributed by atoms with E-state index >= 15 is 0 Å². The summed E-state index contributed by atoms with van der Waals surface area (Å²) in [5.74, 6) is 5.97. The van der Waals surface area contributed by atoms with Crippen LogP contribution in [0, 0.1) is 18.8 Å². The molecule has 0 saturated heterocycles. The van der Waals surface area contributed by atoms with Crippen molar-refractivity contribution in [1.29, 1.82) is 0 Å².